The number of amides is 1. The molecule has 0 atom stereocenters. The number of piperazine rings is 1. The Kier molecular flexibility index (Phi) is 6.02. The standard InChI is InChI=1S/C25H24FN5O2S/c1-16-21-23(31-12-10-30(11-13-31)20-9-4-3-8-19(20)26)27-15-28-25(21)34-22(16)24(32)29-17-6-5-7-18(14-17)33-2/h3-9,14-15H,10-13H2,1-2H3,(H,29,32). The summed E-state index contributed by atoms with van der Waals surface area (Å²) >= 11 is 1.36. The van der Waals surface area contributed by atoms with Gasteiger partial charge in [0.25, 0.3) is 5.91 Å². The average Bonchev–Trinajstić information content (AvgIpc) is 3.21. The van der Waals surface area contributed by atoms with Crippen LogP contribution in [0.5, 0.6) is 5.75 Å². The SMILES string of the molecule is COc1cccc(NC(=O)c2sc3ncnc(N4CCN(c5ccccc5F)CC4)c3c2C)c1. The number of aromatic nitrogens is 2. The summed E-state index contributed by atoms with van der Waals surface area (Å²) in [6.07, 6.45) is 1.54. The normalized spacial score (nSPS) is 13.9. The van der Waals surface area contributed by atoms with Gasteiger partial charge in [0.2, 0.25) is 0 Å². The number of para-hydroxylation sites is 1. The third kappa shape index (κ3) is 4.14. The van der Waals surface area contributed by atoms with Crippen molar-refractivity contribution in [1.82, 2.24) is 9.97 Å². The number of aryl methyl sites for hydroxylation is 1. The van der Waals surface area contributed by atoms with Gasteiger partial charge in [0.05, 0.1) is 23.1 Å². The number of hydrogen-bond acceptors (Lipinski definition) is 7. The third-order valence-electron chi connectivity index (χ3n) is 6.01. The fourth-order valence-electron chi connectivity index (χ4n) is 4.27. The number of nitrogens with one attached hydrogen (secondary N) is 1. The first kappa shape index (κ1) is 22.1. The van der Waals surface area contributed by atoms with Gasteiger partial charge in [0.15, 0.2) is 0 Å². The zero-order valence-electron chi connectivity index (χ0n) is 18.9. The van der Waals surface area contributed by atoms with Crippen LogP contribution in [0.2, 0.25) is 0 Å². The fourth-order valence-corrected chi connectivity index (χ4v) is 5.30. The second kappa shape index (κ2) is 9.26. The van der Waals surface area contributed by atoms with Crippen LogP contribution < -0.4 is 19.9 Å². The number of carbonyl (C=O) groups is 1. The Bertz CT molecular complexity index is 1350. The molecule has 7 nitrogen and oxygen atoms in total. The molecule has 34 heavy (non-hydrogen) atoms. The molecule has 9 heteroatoms. The van der Waals surface area contributed by atoms with Gasteiger partial charge >= 0.3 is 0 Å². The first-order chi connectivity index (χ1) is 16.5. The van der Waals surface area contributed by atoms with E-state index in [0.717, 1.165) is 21.6 Å². The van der Waals surface area contributed by atoms with Gasteiger partial charge in [-0.25, -0.2) is 14.4 Å². The van der Waals surface area contributed by atoms with E-state index in [0.29, 0.717) is 48.2 Å². The molecule has 1 aliphatic rings. The molecule has 2 aromatic heterocycles. The molecule has 1 amide bonds. The lowest BCUT2D eigenvalue weighted by Crippen LogP contribution is -2.47. The van der Waals surface area contributed by atoms with Crippen LogP contribution in [0.1, 0.15) is 15.2 Å². The number of methoxy groups -OCH3 is 1. The van der Waals surface area contributed by atoms with Crippen molar-refractivity contribution in [3.05, 3.63) is 71.1 Å². The van der Waals surface area contributed by atoms with Gasteiger partial charge in [-0.05, 0) is 36.8 Å². The second-order valence-electron chi connectivity index (χ2n) is 8.05. The highest BCUT2D eigenvalue weighted by Crippen LogP contribution is 2.36. The molecule has 0 radical (unpaired) electrons. The van der Waals surface area contributed by atoms with E-state index in [2.05, 4.69) is 25.1 Å². The van der Waals surface area contributed by atoms with E-state index in [1.54, 1.807) is 25.6 Å². The monoisotopic (exact) mass is 477 g/mol. The topological polar surface area (TPSA) is 70.6 Å². The molecular weight excluding hydrogens is 453 g/mol. The molecule has 3 heterocycles. The number of anilines is 3. The van der Waals surface area contributed by atoms with Gasteiger partial charge < -0.3 is 19.9 Å². The summed E-state index contributed by atoms with van der Waals surface area (Å²) in [7, 11) is 1.59. The Balaban J connectivity index is 1.38. The first-order valence-corrected chi connectivity index (χ1v) is 11.8. The van der Waals surface area contributed by atoms with Crippen LogP contribution in [0.4, 0.5) is 21.6 Å². The van der Waals surface area contributed by atoms with Crippen molar-refractivity contribution in [3.63, 3.8) is 0 Å². The highest BCUT2D eigenvalue weighted by atomic mass is 32.1. The molecule has 0 saturated carbocycles. The zero-order valence-corrected chi connectivity index (χ0v) is 19.7. The maximum Gasteiger partial charge on any atom is 0.266 e. The molecule has 1 N–H and O–H groups in total. The Hall–Kier alpha value is -3.72. The summed E-state index contributed by atoms with van der Waals surface area (Å²) in [6.45, 7) is 4.68. The predicted molar refractivity (Wildman–Crippen MR) is 134 cm³/mol. The molecule has 0 spiro atoms. The molecule has 2 aromatic carbocycles. The van der Waals surface area contributed by atoms with Crippen molar-refractivity contribution >= 4 is 44.7 Å². The largest absolute Gasteiger partial charge is 0.497 e. The fraction of sp³-hybridized carbons (Fsp3) is 0.240. The maximum absolute atomic E-state index is 14.2. The number of thiophene rings is 1. The first-order valence-electron chi connectivity index (χ1n) is 11.0. The molecule has 0 unspecified atom stereocenters. The summed E-state index contributed by atoms with van der Waals surface area (Å²) in [5.74, 6) is 1.09. The number of benzene rings is 2. The van der Waals surface area contributed by atoms with E-state index in [-0.39, 0.29) is 11.7 Å². The Morgan fingerprint density at radius 1 is 1.06 bits per heavy atom. The Labute approximate surface area is 200 Å². The Morgan fingerprint density at radius 3 is 2.59 bits per heavy atom. The van der Waals surface area contributed by atoms with E-state index in [9.17, 15) is 9.18 Å². The third-order valence-corrected chi connectivity index (χ3v) is 7.21. The zero-order chi connectivity index (χ0) is 23.7. The lowest BCUT2D eigenvalue weighted by Gasteiger charge is -2.37. The maximum atomic E-state index is 14.2. The quantitative estimate of drug-likeness (QED) is 0.448. The van der Waals surface area contributed by atoms with Crippen molar-refractivity contribution in [3.8, 4) is 5.75 Å². The van der Waals surface area contributed by atoms with Gasteiger partial charge in [-0.3, -0.25) is 4.79 Å². The summed E-state index contributed by atoms with van der Waals surface area (Å²) < 4.78 is 19.5. The van der Waals surface area contributed by atoms with Crippen LogP contribution in [0, 0.1) is 12.7 Å². The smallest absolute Gasteiger partial charge is 0.266 e. The minimum absolute atomic E-state index is 0.191. The van der Waals surface area contributed by atoms with E-state index >= 15 is 0 Å². The van der Waals surface area contributed by atoms with Crippen molar-refractivity contribution < 1.29 is 13.9 Å². The van der Waals surface area contributed by atoms with E-state index in [4.69, 9.17) is 4.74 Å². The number of ether oxygens (including phenoxy) is 1. The summed E-state index contributed by atoms with van der Waals surface area (Å²) in [5, 5.41) is 3.84. The van der Waals surface area contributed by atoms with Crippen LogP contribution in [0.3, 0.4) is 0 Å². The second-order valence-corrected chi connectivity index (χ2v) is 9.04. The highest BCUT2D eigenvalue weighted by Gasteiger charge is 2.25. The highest BCUT2D eigenvalue weighted by molar-refractivity contribution is 7.20. The molecule has 0 aliphatic carbocycles. The van der Waals surface area contributed by atoms with Gasteiger partial charge in [0, 0.05) is 37.9 Å². The lowest BCUT2D eigenvalue weighted by molar-refractivity contribution is 0.103. The molecule has 1 aliphatic heterocycles. The van der Waals surface area contributed by atoms with Crippen molar-refractivity contribution in [2.24, 2.45) is 0 Å². The van der Waals surface area contributed by atoms with Crippen LogP contribution in [0.25, 0.3) is 10.2 Å². The van der Waals surface area contributed by atoms with Crippen LogP contribution >= 0.6 is 11.3 Å². The minimum Gasteiger partial charge on any atom is -0.497 e. The number of hydrogen-bond donors (Lipinski definition) is 1. The van der Waals surface area contributed by atoms with E-state index < -0.39 is 0 Å². The van der Waals surface area contributed by atoms with Crippen molar-refractivity contribution in [2.75, 3.05) is 48.4 Å². The number of rotatable bonds is 5. The van der Waals surface area contributed by atoms with Crippen molar-refractivity contribution in [2.45, 2.75) is 6.92 Å². The molecule has 0 bridgehead atoms. The van der Waals surface area contributed by atoms with E-state index in [1.807, 2.05) is 37.3 Å². The molecule has 4 aromatic rings. The van der Waals surface area contributed by atoms with Gasteiger partial charge in [0.1, 0.15) is 28.5 Å². The number of nitrogens with zero attached hydrogens (tertiary/aromatic N) is 4. The molecule has 1 saturated heterocycles. The minimum atomic E-state index is -0.208. The summed E-state index contributed by atoms with van der Waals surface area (Å²) in [4.78, 5) is 27.7. The summed E-state index contributed by atoms with van der Waals surface area (Å²) in [6, 6.07) is 14.1. The molecule has 1 fully saturated rings. The number of halogens is 1. The number of carbonyl (C=O) groups excluding carboxylic acids is 1. The Morgan fingerprint density at radius 2 is 1.82 bits per heavy atom. The molecule has 174 valence electrons. The molecule has 5 rings (SSSR count). The van der Waals surface area contributed by atoms with Gasteiger partial charge in [-0.1, -0.05) is 18.2 Å². The number of fused-ring (bicyclic) bond motifs is 1. The van der Waals surface area contributed by atoms with Gasteiger partial charge in [-0.15, -0.1) is 11.3 Å². The van der Waals surface area contributed by atoms with Crippen LogP contribution in [0.15, 0.2) is 54.9 Å². The average molecular weight is 478 g/mol. The molecular formula is C25H24FN5O2S. The van der Waals surface area contributed by atoms with Crippen LogP contribution in [-0.2, 0) is 0 Å². The lowest BCUT2D eigenvalue weighted by atomic mass is 10.1. The predicted octanol–water partition coefficient (Wildman–Crippen LogP) is 4.73. The van der Waals surface area contributed by atoms with Crippen molar-refractivity contribution in [1.29, 1.82) is 0 Å². The van der Waals surface area contributed by atoms with Gasteiger partial charge in [-0.2, -0.15) is 0 Å². The van der Waals surface area contributed by atoms with E-state index in [1.165, 1.54) is 17.4 Å². The van der Waals surface area contributed by atoms with Crippen LogP contribution in [-0.4, -0.2) is 49.2 Å². The summed E-state index contributed by atoms with van der Waals surface area (Å²) in [5.41, 5.74) is 2.14.